The number of allylic oxidation sites excluding steroid dienone is 1. The molecule has 0 aliphatic heterocycles. The quantitative estimate of drug-likeness (QED) is 0.188. The zero-order chi connectivity index (χ0) is 23.3. The van der Waals surface area contributed by atoms with E-state index in [-0.39, 0.29) is 24.0 Å². The lowest BCUT2D eigenvalue weighted by molar-refractivity contribution is -0.384. The van der Waals surface area contributed by atoms with Crippen molar-refractivity contribution in [1.29, 1.82) is 0 Å². The predicted molar refractivity (Wildman–Crippen MR) is 122 cm³/mol. The van der Waals surface area contributed by atoms with Gasteiger partial charge in [-0.2, -0.15) is 0 Å². The molecule has 164 valence electrons. The fourth-order valence-corrected chi connectivity index (χ4v) is 3.23. The Labute approximate surface area is 192 Å². The monoisotopic (exact) mass is 498 g/mol. The fraction of sp³-hybridized carbons (Fsp3) is 0.130. The molecule has 0 aliphatic rings. The van der Waals surface area contributed by atoms with Crippen LogP contribution in [0.3, 0.4) is 0 Å². The van der Waals surface area contributed by atoms with Crippen molar-refractivity contribution in [3.05, 3.63) is 86.6 Å². The minimum atomic E-state index is -0.476. The standard InChI is InChI=1S/C23H19BrN2O6/c1-25(2)23(28)14-31-18-5-3-4-15(12-18)21(27)10-7-17-8-11-22(32-17)19-9-6-16(26(29)30)13-20(19)24/h3-13H,14H2,1-2H3. The Hall–Kier alpha value is -3.72. The summed E-state index contributed by atoms with van der Waals surface area (Å²) in [5, 5.41) is 10.9. The molecule has 0 saturated heterocycles. The number of furan rings is 1. The molecule has 1 amide bonds. The molecule has 9 heteroatoms. The molecular weight excluding hydrogens is 480 g/mol. The largest absolute Gasteiger partial charge is 0.484 e. The highest BCUT2D eigenvalue weighted by molar-refractivity contribution is 9.10. The second kappa shape index (κ2) is 10.1. The molecule has 0 radical (unpaired) electrons. The maximum Gasteiger partial charge on any atom is 0.270 e. The molecule has 0 N–H and O–H groups in total. The third kappa shape index (κ3) is 5.70. The molecule has 0 aliphatic carbocycles. The summed E-state index contributed by atoms with van der Waals surface area (Å²) in [6, 6.07) is 14.3. The summed E-state index contributed by atoms with van der Waals surface area (Å²) in [4.78, 5) is 36.0. The minimum Gasteiger partial charge on any atom is -0.484 e. The average molecular weight is 499 g/mol. The summed E-state index contributed by atoms with van der Waals surface area (Å²) in [6.07, 6.45) is 2.91. The Morgan fingerprint density at radius 1 is 1.16 bits per heavy atom. The number of non-ortho nitro benzene ring substituents is 1. The number of amides is 1. The van der Waals surface area contributed by atoms with Crippen molar-refractivity contribution in [3.8, 4) is 17.1 Å². The summed E-state index contributed by atoms with van der Waals surface area (Å²) in [5.74, 6) is 0.920. The summed E-state index contributed by atoms with van der Waals surface area (Å²) in [5.41, 5.74) is 1.02. The van der Waals surface area contributed by atoms with Crippen molar-refractivity contribution >= 4 is 39.4 Å². The maximum atomic E-state index is 12.5. The Morgan fingerprint density at radius 3 is 2.62 bits per heavy atom. The highest BCUT2D eigenvalue weighted by Crippen LogP contribution is 2.32. The first-order chi connectivity index (χ1) is 15.2. The number of likely N-dealkylation sites (N-methyl/N-ethyl adjacent to an activating group) is 1. The van der Waals surface area contributed by atoms with Gasteiger partial charge in [-0.25, -0.2) is 0 Å². The molecule has 1 heterocycles. The molecule has 3 rings (SSSR count). The van der Waals surface area contributed by atoms with Gasteiger partial charge >= 0.3 is 0 Å². The van der Waals surface area contributed by atoms with Crippen LogP contribution in [0.25, 0.3) is 17.4 Å². The van der Waals surface area contributed by atoms with Crippen LogP contribution >= 0.6 is 15.9 Å². The van der Waals surface area contributed by atoms with Crippen LogP contribution < -0.4 is 4.74 Å². The molecule has 0 spiro atoms. The van der Waals surface area contributed by atoms with Crippen LogP contribution in [0, 0.1) is 10.1 Å². The van der Waals surface area contributed by atoms with Crippen LogP contribution in [0.2, 0.25) is 0 Å². The summed E-state index contributed by atoms with van der Waals surface area (Å²) < 4.78 is 11.7. The van der Waals surface area contributed by atoms with Gasteiger partial charge in [0.1, 0.15) is 17.3 Å². The van der Waals surface area contributed by atoms with Gasteiger partial charge in [0.15, 0.2) is 12.4 Å². The Bertz CT molecular complexity index is 1200. The number of carbonyl (C=O) groups is 2. The number of nitro groups is 1. The van der Waals surface area contributed by atoms with Crippen molar-refractivity contribution in [1.82, 2.24) is 4.90 Å². The van der Waals surface area contributed by atoms with E-state index >= 15 is 0 Å². The third-order valence-electron chi connectivity index (χ3n) is 4.43. The van der Waals surface area contributed by atoms with Gasteiger partial charge in [-0.1, -0.05) is 12.1 Å². The Balaban J connectivity index is 1.69. The highest BCUT2D eigenvalue weighted by Gasteiger charge is 2.13. The van der Waals surface area contributed by atoms with Crippen LogP contribution in [0.4, 0.5) is 5.69 Å². The van der Waals surface area contributed by atoms with E-state index in [4.69, 9.17) is 9.15 Å². The summed E-state index contributed by atoms with van der Waals surface area (Å²) in [6.45, 7) is -0.117. The van der Waals surface area contributed by atoms with Crippen molar-refractivity contribution in [2.45, 2.75) is 0 Å². The molecule has 0 saturated carbocycles. The number of rotatable bonds is 8. The first-order valence-corrected chi connectivity index (χ1v) is 10.2. The average Bonchev–Trinajstić information content (AvgIpc) is 3.24. The van der Waals surface area contributed by atoms with E-state index in [1.165, 1.54) is 29.2 Å². The first kappa shape index (κ1) is 23.0. The van der Waals surface area contributed by atoms with Gasteiger partial charge in [0.05, 0.1) is 4.92 Å². The molecule has 0 unspecified atom stereocenters. The summed E-state index contributed by atoms with van der Waals surface area (Å²) in [7, 11) is 3.27. The lowest BCUT2D eigenvalue weighted by Crippen LogP contribution is -2.27. The SMILES string of the molecule is CN(C)C(=O)COc1cccc(C(=O)C=Cc2ccc(-c3ccc([N+](=O)[O-])cc3Br)o2)c1. The number of hydrogen-bond donors (Lipinski definition) is 0. The Kier molecular flexibility index (Phi) is 7.21. The molecule has 32 heavy (non-hydrogen) atoms. The second-order valence-electron chi connectivity index (χ2n) is 6.93. The van der Waals surface area contributed by atoms with Crippen LogP contribution in [0.1, 0.15) is 16.1 Å². The lowest BCUT2D eigenvalue weighted by Gasteiger charge is -2.11. The van der Waals surface area contributed by atoms with Crippen molar-refractivity contribution in [2.75, 3.05) is 20.7 Å². The third-order valence-corrected chi connectivity index (χ3v) is 5.09. The number of carbonyl (C=O) groups excluding carboxylic acids is 2. The number of hydrogen-bond acceptors (Lipinski definition) is 6. The number of nitro benzene ring substituents is 1. The number of ketones is 1. The van der Waals surface area contributed by atoms with Crippen LogP contribution in [0.15, 0.2) is 69.6 Å². The van der Waals surface area contributed by atoms with Crippen LogP contribution in [-0.2, 0) is 4.79 Å². The number of ether oxygens (including phenoxy) is 1. The smallest absolute Gasteiger partial charge is 0.270 e. The molecular formula is C23H19BrN2O6. The molecule has 0 atom stereocenters. The van der Waals surface area contributed by atoms with Gasteiger partial charge < -0.3 is 14.1 Å². The van der Waals surface area contributed by atoms with Crippen molar-refractivity contribution in [3.63, 3.8) is 0 Å². The van der Waals surface area contributed by atoms with Crippen LogP contribution in [-0.4, -0.2) is 42.2 Å². The van der Waals surface area contributed by atoms with Gasteiger partial charge in [-0.15, -0.1) is 0 Å². The molecule has 3 aromatic rings. The van der Waals surface area contributed by atoms with E-state index in [1.54, 1.807) is 56.6 Å². The zero-order valence-corrected chi connectivity index (χ0v) is 18.9. The van der Waals surface area contributed by atoms with Crippen molar-refractivity contribution < 1.29 is 23.7 Å². The topological polar surface area (TPSA) is 103 Å². The van der Waals surface area contributed by atoms with Crippen LogP contribution in [0.5, 0.6) is 5.75 Å². The predicted octanol–water partition coefficient (Wildman–Crippen LogP) is 4.98. The molecule has 0 fully saturated rings. The maximum absolute atomic E-state index is 12.5. The number of nitrogens with zero attached hydrogens (tertiary/aromatic N) is 2. The highest BCUT2D eigenvalue weighted by atomic mass is 79.9. The zero-order valence-electron chi connectivity index (χ0n) is 17.3. The van der Waals surface area contributed by atoms with E-state index in [0.29, 0.717) is 32.9 Å². The molecule has 0 bridgehead atoms. The summed E-state index contributed by atoms with van der Waals surface area (Å²) >= 11 is 3.32. The Morgan fingerprint density at radius 2 is 1.94 bits per heavy atom. The van der Waals surface area contributed by atoms with E-state index < -0.39 is 4.92 Å². The first-order valence-electron chi connectivity index (χ1n) is 9.44. The van der Waals surface area contributed by atoms with E-state index in [1.807, 2.05) is 0 Å². The molecule has 8 nitrogen and oxygen atoms in total. The lowest BCUT2D eigenvalue weighted by atomic mass is 10.1. The van der Waals surface area contributed by atoms with E-state index in [2.05, 4.69) is 15.9 Å². The number of benzene rings is 2. The second-order valence-corrected chi connectivity index (χ2v) is 7.78. The van der Waals surface area contributed by atoms with E-state index in [9.17, 15) is 19.7 Å². The normalized spacial score (nSPS) is 10.8. The van der Waals surface area contributed by atoms with Gasteiger partial charge in [-0.3, -0.25) is 19.7 Å². The van der Waals surface area contributed by atoms with Crippen molar-refractivity contribution in [2.24, 2.45) is 0 Å². The van der Waals surface area contributed by atoms with Gasteiger partial charge in [0, 0.05) is 41.8 Å². The minimum absolute atomic E-state index is 0.0322. The molecule has 2 aromatic carbocycles. The van der Waals surface area contributed by atoms with Gasteiger partial charge in [0.25, 0.3) is 11.6 Å². The van der Waals surface area contributed by atoms with Gasteiger partial charge in [0.2, 0.25) is 0 Å². The number of halogens is 1. The molecule has 1 aromatic heterocycles. The van der Waals surface area contributed by atoms with Gasteiger partial charge in [-0.05, 0) is 58.4 Å². The fourth-order valence-electron chi connectivity index (χ4n) is 2.67. The van der Waals surface area contributed by atoms with E-state index in [0.717, 1.165) is 0 Å².